The number of rotatable bonds is 6. The van der Waals surface area contributed by atoms with Crippen molar-refractivity contribution in [2.75, 3.05) is 19.6 Å². The molecule has 4 nitrogen and oxygen atoms in total. The first kappa shape index (κ1) is 22.7. The number of piperidine rings is 1. The Bertz CT molecular complexity index is 1120. The minimum atomic E-state index is -0.944. The van der Waals surface area contributed by atoms with Gasteiger partial charge in [-0.15, -0.1) is 0 Å². The van der Waals surface area contributed by atoms with E-state index in [9.17, 15) is 9.90 Å². The second kappa shape index (κ2) is 9.63. The van der Waals surface area contributed by atoms with Gasteiger partial charge >= 0.3 is 5.97 Å². The number of carbonyl (C=O) groups is 1. The van der Waals surface area contributed by atoms with Crippen LogP contribution in [0.1, 0.15) is 59.2 Å². The number of hydrogen-bond acceptors (Lipinski definition) is 3. The Morgan fingerprint density at radius 1 is 0.971 bits per heavy atom. The normalized spacial score (nSPS) is 23.5. The molecule has 0 saturated carbocycles. The van der Waals surface area contributed by atoms with Crippen LogP contribution in [-0.2, 0) is 12.0 Å². The fourth-order valence-corrected chi connectivity index (χ4v) is 6.02. The predicted molar refractivity (Wildman–Crippen MR) is 134 cm³/mol. The standard InChI is InChI=1S/C30H33NO3/c1-22-20-24-14-11-17-26(29(32)33)28(24)34-30(22,25-15-7-3-8-16-25)27(23-12-5-2-6-13-23)21-31-18-9-4-10-19-31/h2-3,5-8,11-17,22,27H,4,9-10,18-21H2,1H3,(H,32,33). The number of para-hydroxylation sites is 1. The van der Waals surface area contributed by atoms with Crippen molar-refractivity contribution in [3.63, 3.8) is 0 Å². The summed E-state index contributed by atoms with van der Waals surface area (Å²) in [5.74, 6) is -0.210. The second-order valence-electron chi connectivity index (χ2n) is 9.79. The maximum atomic E-state index is 12.2. The van der Waals surface area contributed by atoms with Gasteiger partial charge in [-0.3, -0.25) is 0 Å². The average Bonchev–Trinajstić information content (AvgIpc) is 2.88. The van der Waals surface area contributed by atoms with Gasteiger partial charge in [0.2, 0.25) is 0 Å². The Morgan fingerprint density at radius 2 is 1.65 bits per heavy atom. The number of fused-ring (bicyclic) bond motifs is 1. The summed E-state index contributed by atoms with van der Waals surface area (Å²) >= 11 is 0. The van der Waals surface area contributed by atoms with Crippen LogP contribution < -0.4 is 4.74 Å². The van der Waals surface area contributed by atoms with Crippen molar-refractivity contribution in [2.24, 2.45) is 5.92 Å². The van der Waals surface area contributed by atoms with Crippen molar-refractivity contribution in [3.8, 4) is 5.75 Å². The maximum absolute atomic E-state index is 12.2. The van der Waals surface area contributed by atoms with Gasteiger partial charge in [0.25, 0.3) is 0 Å². The quantitative estimate of drug-likeness (QED) is 0.486. The summed E-state index contributed by atoms with van der Waals surface area (Å²) in [7, 11) is 0. The van der Waals surface area contributed by atoms with Crippen LogP contribution in [0, 0.1) is 5.92 Å². The van der Waals surface area contributed by atoms with Gasteiger partial charge in [0.1, 0.15) is 16.9 Å². The van der Waals surface area contributed by atoms with Crippen LogP contribution >= 0.6 is 0 Å². The SMILES string of the molecule is CC1Cc2cccc(C(=O)O)c2OC1(c1ccccc1)C(CN1CCCCC1)c1ccccc1. The second-order valence-corrected chi connectivity index (χ2v) is 9.79. The van der Waals surface area contributed by atoms with Crippen LogP contribution in [0.3, 0.4) is 0 Å². The summed E-state index contributed by atoms with van der Waals surface area (Å²) < 4.78 is 7.06. The van der Waals surface area contributed by atoms with E-state index in [4.69, 9.17) is 4.74 Å². The van der Waals surface area contributed by atoms with E-state index in [0.29, 0.717) is 5.75 Å². The highest BCUT2D eigenvalue weighted by atomic mass is 16.5. The fraction of sp³-hybridized carbons (Fsp3) is 0.367. The fourth-order valence-electron chi connectivity index (χ4n) is 6.02. The third-order valence-electron chi connectivity index (χ3n) is 7.69. The third kappa shape index (κ3) is 4.12. The summed E-state index contributed by atoms with van der Waals surface area (Å²) in [5.41, 5.74) is 2.89. The van der Waals surface area contributed by atoms with Crippen molar-refractivity contribution < 1.29 is 14.6 Å². The van der Waals surface area contributed by atoms with Crippen LogP contribution in [0.15, 0.2) is 78.9 Å². The van der Waals surface area contributed by atoms with Gasteiger partial charge in [-0.25, -0.2) is 4.79 Å². The highest BCUT2D eigenvalue weighted by molar-refractivity contribution is 5.91. The van der Waals surface area contributed by atoms with E-state index in [0.717, 1.165) is 37.2 Å². The molecule has 2 aliphatic heterocycles. The molecule has 0 aliphatic carbocycles. The monoisotopic (exact) mass is 455 g/mol. The molecule has 176 valence electrons. The molecule has 4 heteroatoms. The van der Waals surface area contributed by atoms with Gasteiger partial charge in [-0.2, -0.15) is 0 Å². The molecule has 0 radical (unpaired) electrons. The van der Waals surface area contributed by atoms with Gasteiger partial charge in [0, 0.05) is 18.4 Å². The van der Waals surface area contributed by atoms with Crippen LogP contribution in [0.2, 0.25) is 0 Å². The van der Waals surface area contributed by atoms with E-state index in [1.54, 1.807) is 6.07 Å². The largest absolute Gasteiger partial charge is 0.480 e. The van der Waals surface area contributed by atoms with Gasteiger partial charge in [0.05, 0.1) is 0 Å². The smallest absolute Gasteiger partial charge is 0.339 e. The molecular weight excluding hydrogens is 422 g/mol. The predicted octanol–water partition coefficient (Wildman–Crippen LogP) is 6.12. The lowest BCUT2D eigenvalue weighted by Crippen LogP contribution is -2.52. The molecule has 2 aliphatic rings. The summed E-state index contributed by atoms with van der Waals surface area (Å²) in [6, 6.07) is 26.6. The zero-order valence-corrected chi connectivity index (χ0v) is 19.8. The van der Waals surface area contributed by atoms with Crippen molar-refractivity contribution >= 4 is 5.97 Å². The van der Waals surface area contributed by atoms with Gasteiger partial charge in [-0.05, 0) is 55.1 Å². The lowest BCUT2D eigenvalue weighted by molar-refractivity contribution is -0.0419. The lowest BCUT2D eigenvalue weighted by atomic mass is 9.66. The van der Waals surface area contributed by atoms with Crippen molar-refractivity contribution in [1.29, 1.82) is 0 Å². The van der Waals surface area contributed by atoms with E-state index in [1.807, 2.05) is 18.2 Å². The van der Waals surface area contributed by atoms with E-state index in [-0.39, 0.29) is 17.4 Å². The third-order valence-corrected chi connectivity index (χ3v) is 7.69. The van der Waals surface area contributed by atoms with Crippen molar-refractivity contribution in [1.82, 2.24) is 4.90 Å². The molecular formula is C30H33NO3. The highest BCUT2D eigenvalue weighted by Crippen LogP contribution is 2.52. The zero-order chi connectivity index (χ0) is 23.5. The Hall–Kier alpha value is -3.11. The van der Waals surface area contributed by atoms with Gasteiger partial charge in [0.15, 0.2) is 0 Å². The van der Waals surface area contributed by atoms with E-state index < -0.39 is 11.6 Å². The lowest BCUT2D eigenvalue weighted by Gasteiger charge is -2.50. The van der Waals surface area contributed by atoms with Gasteiger partial charge < -0.3 is 14.7 Å². The number of likely N-dealkylation sites (tertiary alicyclic amines) is 1. The molecule has 0 bridgehead atoms. The highest BCUT2D eigenvalue weighted by Gasteiger charge is 2.51. The molecule has 0 spiro atoms. The van der Waals surface area contributed by atoms with Crippen LogP contribution in [-0.4, -0.2) is 35.6 Å². The molecule has 1 fully saturated rings. The molecule has 3 aromatic carbocycles. The summed E-state index contributed by atoms with van der Waals surface area (Å²) in [4.78, 5) is 14.7. The van der Waals surface area contributed by atoms with Crippen molar-refractivity contribution in [2.45, 2.75) is 44.1 Å². The number of hydrogen-bond donors (Lipinski definition) is 1. The Balaban J connectivity index is 1.70. The molecule has 3 unspecified atom stereocenters. The summed E-state index contributed by atoms with van der Waals surface area (Å²) in [6.07, 6.45) is 4.51. The molecule has 5 rings (SSSR count). The molecule has 2 heterocycles. The first-order chi connectivity index (χ1) is 16.6. The number of aromatic carboxylic acids is 1. The number of ether oxygens (including phenoxy) is 1. The van der Waals surface area contributed by atoms with Crippen molar-refractivity contribution in [3.05, 3.63) is 101 Å². The Labute approximate surface area is 202 Å². The minimum absolute atomic E-state index is 0.0548. The van der Waals surface area contributed by atoms with Crippen LogP contribution in [0.4, 0.5) is 0 Å². The summed E-state index contributed by atoms with van der Waals surface area (Å²) in [6.45, 7) is 5.34. The van der Waals surface area contributed by atoms with E-state index >= 15 is 0 Å². The number of benzene rings is 3. The molecule has 1 N–H and O–H groups in total. The van der Waals surface area contributed by atoms with Gasteiger partial charge in [-0.1, -0.05) is 86.1 Å². The number of carboxylic acid groups (broad SMARTS) is 1. The van der Waals surface area contributed by atoms with E-state index in [2.05, 4.69) is 66.4 Å². The average molecular weight is 456 g/mol. The van der Waals surface area contributed by atoms with Crippen LogP contribution in [0.25, 0.3) is 0 Å². The Kier molecular flexibility index (Phi) is 6.42. The van der Waals surface area contributed by atoms with Crippen LogP contribution in [0.5, 0.6) is 5.75 Å². The molecule has 34 heavy (non-hydrogen) atoms. The maximum Gasteiger partial charge on any atom is 0.339 e. The molecule has 3 aromatic rings. The summed E-state index contributed by atoms with van der Waals surface area (Å²) in [5, 5.41) is 9.98. The molecule has 0 amide bonds. The molecule has 1 saturated heterocycles. The first-order valence-electron chi connectivity index (χ1n) is 12.5. The zero-order valence-electron chi connectivity index (χ0n) is 19.8. The topological polar surface area (TPSA) is 49.8 Å². The first-order valence-corrected chi connectivity index (χ1v) is 12.5. The minimum Gasteiger partial charge on any atom is -0.480 e. The molecule has 3 atom stereocenters. The van der Waals surface area contributed by atoms with E-state index in [1.165, 1.54) is 24.8 Å². The number of nitrogens with zero attached hydrogens (tertiary/aromatic N) is 1. The number of carboxylic acids is 1. The molecule has 0 aromatic heterocycles. The Morgan fingerprint density at radius 3 is 2.32 bits per heavy atom.